The lowest BCUT2D eigenvalue weighted by molar-refractivity contribution is 0.524. The third-order valence-electron chi connectivity index (χ3n) is 3.11. The van der Waals surface area contributed by atoms with Crippen molar-refractivity contribution in [1.29, 1.82) is 0 Å². The van der Waals surface area contributed by atoms with Gasteiger partial charge in [-0.15, -0.1) is 0 Å². The van der Waals surface area contributed by atoms with E-state index in [1.165, 1.54) is 5.39 Å². The van der Waals surface area contributed by atoms with Gasteiger partial charge in [0.25, 0.3) is 0 Å². The molecule has 1 aromatic carbocycles. The maximum Gasteiger partial charge on any atom is 0.143 e. The predicted molar refractivity (Wildman–Crippen MR) is 70.3 cm³/mol. The second kappa shape index (κ2) is 3.59. The summed E-state index contributed by atoms with van der Waals surface area (Å²) in [6.07, 6.45) is 1.90. The van der Waals surface area contributed by atoms with Crippen LogP contribution in [0, 0.1) is 6.92 Å². The Labute approximate surface area is 100 Å². The van der Waals surface area contributed by atoms with E-state index in [-0.39, 0.29) is 0 Å². The summed E-state index contributed by atoms with van der Waals surface area (Å²) >= 11 is 0. The largest absolute Gasteiger partial charge is 0.460 e. The Morgan fingerprint density at radius 2 is 1.88 bits per heavy atom. The van der Waals surface area contributed by atoms with E-state index in [9.17, 15) is 0 Å². The predicted octanol–water partition coefficient (Wildman–Crippen LogP) is 4.41. The van der Waals surface area contributed by atoms with Gasteiger partial charge in [-0.25, -0.2) is 0 Å². The number of pyridine rings is 1. The Hall–Kier alpha value is -1.83. The summed E-state index contributed by atoms with van der Waals surface area (Å²) in [7, 11) is 0. The fraction of sp³-hybridized carbons (Fsp3) is 0.267. The quantitative estimate of drug-likeness (QED) is 0.613. The summed E-state index contributed by atoms with van der Waals surface area (Å²) in [5.74, 6) is 1.45. The number of fused-ring (bicyclic) bond motifs is 3. The maximum atomic E-state index is 5.94. The van der Waals surface area contributed by atoms with Crippen LogP contribution in [0.15, 0.2) is 34.9 Å². The van der Waals surface area contributed by atoms with Gasteiger partial charge in [0, 0.05) is 28.6 Å². The number of rotatable bonds is 1. The molecule has 2 aromatic heterocycles. The van der Waals surface area contributed by atoms with E-state index in [1.807, 2.05) is 13.1 Å². The fourth-order valence-electron chi connectivity index (χ4n) is 2.13. The van der Waals surface area contributed by atoms with Gasteiger partial charge in [0.2, 0.25) is 0 Å². The van der Waals surface area contributed by atoms with Gasteiger partial charge >= 0.3 is 0 Å². The van der Waals surface area contributed by atoms with Gasteiger partial charge < -0.3 is 4.42 Å². The minimum atomic E-state index is 0.413. The van der Waals surface area contributed by atoms with Crippen molar-refractivity contribution in [2.45, 2.75) is 26.7 Å². The molecule has 17 heavy (non-hydrogen) atoms. The third-order valence-corrected chi connectivity index (χ3v) is 3.11. The van der Waals surface area contributed by atoms with Crippen LogP contribution in [0.4, 0.5) is 0 Å². The average molecular weight is 225 g/mol. The van der Waals surface area contributed by atoms with Crippen LogP contribution in [0.1, 0.15) is 31.2 Å². The molecular weight excluding hydrogens is 210 g/mol. The lowest BCUT2D eigenvalue weighted by atomic mass is 10.1. The first-order valence-electron chi connectivity index (χ1n) is 5.94. The highest BCUT2D eigenvalue weighted by atomic mass is 16.3. The average Bonchev–Trinajstić information content (AvgIpc) is 2.72. The van der Waals surface area contributed by atoms with Gasteiger partial charge in [-0.05, 0) is 24.4 Å². The van der Waals surface area contributed by atoms with Gasteiger partial charge in [-0.3, -0.25) is 4.98 Å². The lowest BCUT2D eigenvalue weighted by Gasteiger charge is -2.00. The minimum absolute atomic E-state index is 0.413. The zero-order valence-electron chi connectivity index (χ0n) is 10.3. The zero-order valence-corrected chi connectivity index (χ0v) is 10.3. The van der Waals surface area contributed by atoms with E-state index in [0.717, 1.165) is 27.8 Å². The Bertz CT molecular complexity index is 695. The maximum absolute atomic E-state index is 5.94. The molecule has 0 N–H and O–H groups in total. The minimum Gasteiger partial charge on any atom is -0.460 e. The first-order chi connectivity index (χ1) is 8.15. The van der Waals surface area contributed by atoms with Crippen molar-refractivity contribution < 1.29 is 4.42 Å². The highest BCUT2D eigenvalue weighted by Crippen LogP contribution is 2.30. The molecule has 0 radical (unpaired) electrons. The molecule has 3 aromatic rings. The summed E-state index contributed by atoms with van der Waals surface area (Å²) in [5.41, 5.74) is 1.99. The van der Waals surface area contributed by atoms with Crippen LogP contribution in [0.3, 0.4) is 0 Å². The number of aryl methyl sites for hydroxylation is 1. The van der Waals surface area contributed by atoms with E-state index in [1.54, 1.807) is 0 Å². The third kappa shape index (κ3) is 1.60. The van der Waals surface area contributed by atoms with Crippen molar-refractivity contribution in [3.05, 3.63) is 41.9 Å². The Morgan fingerprint density at radius 3 is 2.65 bits per heavy atom. The van der Waals surface area contributed by atoms with Crippen LogP contribution < -0.4 is 0 Å². The van der Waals surface area contributed by atoms with Crippen molar-refractivity contribution in [3.63, 3.8) is 0 Å². The van der Waals surface area contributed by atoms with Gasteiger partial charge in [0.1, 0.15) is 11.3 Å². The second-order valence-corrected chi connectivity index (χ2v) is 4.83. The van der Waals surface area contributed by atoms with E-state index in [0.29, 0.717) is 5.92 Å². The normalized spacial score (nSPS) is 11.8. The molecule has 0 aliphatic heterocycles. The molecule has 2 heterocycles. The fourth-order valence-corrected chi connectivity index (χ4v) is 2.13. The molecule has 0 unspecified atom stereocenters. The van der Waals surface area contributed by atoms with Gasteiger partial charge in [0.05, 0.1) is 0 Å². The number of benzene rings is 1. The lowest BCUT2D eigenvalue weighted by Crippen LogP contribution is -1.81. The highest BCUT2D eigenvalue weighted by Gasteiger charge is 2.10. The van der Waals surface area contributed by atoms with Gasteiger partial charge in [-0.1, -0.05) is 26.0 Å². The number of hydrogen-bond acceptors (Lipinski definition) is 2. The highest BCUT2D eigenvalue weighted by molar-refractivity contribution is 6.04. The van der Waals surface area contributed by atoms with E-state index < -0.39 is 0 Å². The van der Waals surface area contributed by atoms with Crippen LogP contribution in [0.25, 0.3) is 21.7 Å². The van der Waals surface area contributed by atoms with Crippen molar-refractivity contribution in [3.8, 4) is 0 Å². The zero-order chi connectivity index (χ0) is 12.0. The smallest absolute Gasteiger partial charge is 0.143 e. The molecule has 0 saturated carbocycles. The molecule has 0 atom stereocenters. The van der Waals surface area contributed by atoms with Gasteiger partial charge in [-0.2, -0.15) is 0 Å². The molecule has 0 spiro atoms. The van der Waals surface area contributed by atoms with Crippen LogP contribution >= 0.6 is 0 Å². The van der Waals surface area contributed by atoms with Crippen molar-refractivity contribution in [2.24, 2.45) is 0 Å². The molecule has 2 nitrogen and oxygen atoms in total. The molecule has 0 saturated heterocycles. The van der Waals surface area contributed by atoms with Crippen molar-refractivity contribution in [1.82, 2.24) is 4.98 Å². The van der Waals surface area contributed by atoms with Crippen molar-refractivity contribution in [2.75, 3.05) is 0 Å². The number of nitrogens with zero attached hydrogens (tertiary/aromatic N) is 1. The first kappa shape index (κ1) is 10.3. The SMILES string of the molecule is Cc1cc2ccc3cc(C(C)C)oc3c2cn1. The monoisotopic (exact) mass is 225 g/mol. The molecular formula is C15H15NO. The molecule has 0 bridgehead atoms. The first-order valence-corrected chi connectivity index (χ1v) is 5.94. The summed E-state index contributed by atoms with van der Waals surface area (Å²) in [5, 5.41) is 3.45. The molecule has 86 valence electrons. The Morgan fingerprint density at radius 1 is 1.12 bits per heavy atom. The van der Waals surface area contributed by atoms with E-state index in [4.69, 9.17) is 4.42 Å². The summed E-state index contributed by atoms with van der Waals surface area (Å²) in [6.45, 7) is 6.29. The number of hydrogen-bond donors (Lipinski definition) is 0. The molecule has 2 heteroatoms. The molecule has 3 rings (SSSR count). The topological polar surface area (TPSA) is 26.0 Å². The Kier molecular flexibility index (Phi) is 2.18. The number of aromatic nitrogens is 1. The van der Waals surface area contributed by atoms with Crippen LogP contribution in [-0.2, 0) is 0 Å². The standard InChI is InChI=1S/C15H15NO/c1-9(2)14-7-12-5-4-11-6-10(3)16-8-13(11)15(12)17-14/h4-9H,1-3H3. The second-order valence-electron chi connectivity index (χ2n) is 4.83. The van der Waals surface area contributed by atoms with E-state index in [2.05, 4.69) is 43.1 Å². The Balaban J connectivity index is 2.38. The van der Waals surface area contributed by atoms with Crippen molar-refractivity contribution >= 4 is 21.7 Å². The molecule has 0 aliphatic carbocycles. The summed E-state index contributed by atoms with van der Waals surface area (Å²) < 4.78 is 5.94. The number of furan rings is 1. The van der Waals surface area contributed by atoms with Crippen LogP contribution in [0.5, 0.6) is 0 Å². The molecule has 0 aliphatic rings. The van der Waals surface area contributed by atoms with Crippen LogP contribution in [0.2, 0.25) is 0 Å². The molecule has 0 fully saturated rings. The molecule has 0 amide bonds. The summed E-state index contributed by atoms with van der Waals surface area (Å²) in [6, 6.07) is 8.46. The summed E-state index contributed by atoms with van der Waals surface area (Å²) in [4.78, 5) is 4.35. The van der Waals surface area contributed by atoms with Crippen LogP contribution in [-0.4, -0.2) is 4.98 Å². The van der Waals surface area contributed by atoms with Gasteiger partial charge in [0.15, 0.2) is 0 Å². The van der Waals surface area contributed by atoms with E-state index >= 15 is 0 Å².